The van der Waals surface area contributed by atoms with E-state index >= 15 is 0 Å². The highest BCUT2D eigenvalue weighted by Gasteiger charge is 2.21. The third-order valence-corrected chi connectivity index (χ3v) is 6.15. The van der Waals surface area contributed by atoms with Crippen LogP contribution >= 0.6 is 23.4 Å². The third kappa shape index (κ3) is 4.81. The van der Waals surface area contributed by atoms with E-state index in [4.69, 9.17) is 16.0 Å². The maximum atomic E-state index is 6.09. The Morgan fingerprint density at radius 2 is 1.71 bits per heavy atom. The number of rotatable bonds is 7. The molecule has 2 aromatic heterocycles. The number of thioether (sulfide) groups is 1. The van der Waals surface area contributed by atoms with Crippen molar-refractivity contribution in [2.45, 2.75) is 30.8 Å². The zero-order valence-corrected chi connectivity index (χ0v) is 19.4. The van der Waals surface area contributed by atoms with E-state index in [-0.39, 0.29) is 6.04 Å². The Morgan fingerprint density at radius 3 is 2.39 bits per heavy atom. The summed E-state index contributed by atoms with van der Waals surface area (Å²) in [5, 5.41) is 18.7. The fraction of sp³-hybridized carbons (Fsp3) is 0.273. The topological polar surface area (TPSA) is 72.9 Å². The van der Waals surface area contributed by atoms with Crippen LogP contribution in [0.2, 0.25) is 5.02 Å². The second-order valence-electron chi connectivity index (χ2n) is 7.45. The molecule has 0 bridgehead atoms. The Morgan fingerprint density at radius 1 is 1.00 bits per heavy atom. The molecule has 31 heavy (non-hydrogen) atoms. The first-order chi connectivity index (χ1) is 14.9. The van der Waals surface area contributed by atoms with Gasteiger partial charge in [0.15, 0.2) is 11.0 Å². The van der Waals surface area contributed by atoms with Gasteiger partial charge in [-0.15, -0.1) is 20.4 Å². The molecule has 0 aliphatic carbocycles. The summed E-state index contributed by atoms with van der Waals surface area (Å²) >= 11 is 7.59. The van der Waals surface area contributed by atoms with E-state index in [0.717, 1.165) is 22.2 Å². The van der Waals surface area contributed by atoms with Crippen LogP contribution in [0.3, 0.4) is 0 Å². The zero-order valence-electron chi connectivity index (χ0n) is 17.8. The van der Waals surface area contributed by atoms with E-state index in [9.17, 15) is 0 Å². The highest BCUT2D eigenvalue weighted by atomic mass is 35.5. The van der Waals surface area contributed by atoms with E-state index in [1.165, 1.54) is 17.3 Å². The molecule has 0 aliphatic heterocycles. The maximum absolute atomic E-state index is 6.09. The summed E-state index contributed by atoms with van der Waals surface area (Å²) in [7, 11) is 4.03. The predicted octanol–water partition coefficient (Wildman–Crippen LogP) is 5.19. The molecule has 0 radical (unpaired) electrons. The highest BCUT2D eigenvalue weighted by Crippen LogP contribution is 2.29. The minimum absolute atomic E-state index is 0.0778. The van der Waals surface area contributed by atoms with Gasteiger partial charge in [-0.2, -0.15) is 0 Å². The van der Waals surface area contributed by atoms with Crippen molar-refractivity contribution >= 4 is 23.4 Å². The van der Waals surface area contributed by atoms with Crippen molar-refractivity contribution in [3.05, 3.63) is 70.8 Å². The fourth-order valence-corrected chi connectivity index (χ4v) is 3.88. The number of nitrogens with zero attached hydrogens (tertiary/aromatic N) is 6. The molecule has 1 unspecified atom stereocenters. The van der Waals surface area contributed by atoms with Crippen molar-refractivity contribution in [2.24, 2.45) is 0 Å². The lowest BCUT2D eigenvalue weighted by Crippen LogP contribution is -2.20. The monoisotopic (exact) mass is 454 g/mol. The van der Waals surface area contributed by atoms with Crippen LogP contribution in [0, 0.1) is 6.92 Å². The van der Waals surface area contributed by atoms with Gasteiger partial charge in [-0.25, -0.2) is 0 Å². The van der Waals surface area contributed by atoms with Gasteiger partial charge in [0.2, 0.25) is 11.8 Å². The summed E-state index contributed by atoms with van der Waals surface area (Å²) < 4.78 is 7.90. The molecule has 0 saturated carbocycles. The number of hydrogen-bond donors (Lipinski definition) is 0. The number of aromatic nitrogens is 5. The van der Waals surface area contributed by atoms with Crippen LogP contribution in [-0.2, 0) is 5.75 Å². The van der Waals surface area contributed by atoms with Crippen LogP contribution in [0.5, 0.6) is 0 Å². The van der Waals surface area contributed by atoms with E-state index < -0.39 is 0 Å². The van der Waals surface area contributed by atoms with Gasteiger partial charge < -0.3 is 4.42 Å². The third-order valence-electron chi connectivity index (χ3n) is 4.98. The van der Waals surface area contributed by atoms with Gasteiger partial charge >= 0.3 is 0 Å². The van der Waals surface area contributed by atoms with Gasteiger partial charge in [0.25, 0.3) is 0 Å². The summed E-state index contributed by atoms with van der Waals surface area (Å²) in [6.45, 7) is 4.14. The van der Waals surface area contributed by atoms with Crippen LogP contribution < -0.4 is 0 Å². The molecule has 9 heteroatoms. The molecule has 0 fully saturated rings. The quantitative estimate of drug-likeness (QED) is 0.355. The van der Waals surface area contributed by atoms with Gasteiger partial charge in [-0.1, -0.05) is 41.1 Å². The first-order valence-corrected chi connectivity index (χ1v) is 11.2. The molecule has 160 valence electrons. The van der Waals surface area contributed by atoms with Crippen molar-refractivity contribution in [3.8, 4) is 17.1 Å². The number of aryl methyl sites for hydroxylation is 1. The van der Waals surface area contributed by atoms with Crippen LogP contribution in [0.1, 0.15) is 30.2 Å². The van der Waals surface area contributed by atoms with E-state index in [0.29, 0.717) is 22.6 Å². The molecule has 1 atom stereocenters. The Hall–Kier alpha value is -2.68. The van der Waals surface area contributed by atoms with Crippen molar-refractivity contribution < 1.29 is 4.42 Å². The Balaban J connectivity index is 1.59. The van der Waals surface area contributed by atoms with Crippen LogP contribution in [0.15, 0.2) is 58.1 Å². The van der Waals surface area contributed by atoms with Crippen molar-refractivity contribution in [2.75, 3.05) is 14.1 Å². The van der Waals surface area contributed by atoms with Gasteiger partial charge in [-0.3, -0.25) is 9.47 Å². The molecule has 4 aromatic rings. The molecule has 0 N–H and O–H groups in total. The minimum Gasteiger partial charge on any atom is -0.420 e. The minimum atomic E-state index is 0.0778. The number of halogens is 1. The van der Waals surface area contributed by atoms with E-state index in [2.05, 4.69) is 32.2 Å². The SMILES string of the molecule is Cc1ccc(-c2nnc(CSc3nnc(C(C)N(C)C)n3-c3ccc(Cl)cc3)o2)cc1. The number of benzene rings is 2. The predicted molar refractivity (Wildman–Crippen MR) is 123 cm³/mol. The van der Waals surface area contributed by atoms with Crippen LogP contribution in [-0.4, -0.2) is 44.0 Å². The second-order valence-corrected chi connectivity index (χ2v) is 8.83. The standard InChI is InChI=1S/C22H23ClN6OS/c1-14-5-7-16(8-6-14)21-26-24-19(30-21)13-31-22-27-25-20(15(2)28(3)4)29(22)18-11-9-17(23)10-12-18/h5-12,15H,13H2,1-4H3. The Bertz CT molecular complexity index is 1150. The molecule has 2 aromatic carbocycles. The van der Waals surface area contributed by atoms with Crippen LogP contribution in [0.4, 0.5) is 0 Å². The highest BCUT2D eigenvalue weighted by molar-refractivity contribution is 7.98. The van der Waals surface area contributed by atoms with E-state index in [1.807, 2.05) is 74.1 Å². The summed E-state index contributed by atoms with van der Waals surface area (Å²) in [4.78, 5) is 2.09. The molecule has 4 rings (SSSR count). The van der Waals surface area contributed by atoms with Gasteiger partial charge in [0.05, 0.1) is 11.8 Å². The van der Waals surface area contributed by atoms with Crippen LogP contribution in [0.25, 0.3) is 17.1 Å². The zero-order chi connectivity index (χ0) is 22.0. The molecule has 0 saturated heterocycles. The lowest BCUT2D eigenvalue weighted by Gasteiger charge is -2.20. The number of hydrogen-bond acceptors (Lipinski definition) is 7. The maximum Gasteiger partial charge on any atom is 0.247 e. The summed E-state index contributed by atoms with van der Waals surface area (Å²) in [6, 6.07) is 15.7. The normalized spacial score (nSPS) is 12.5. The Labute approximate surface area is 190 Å². The molecule has 0 spiro atoms. The lowest BCUT2D eigenvalue weighted by atomic mass is 10.1. The average Bonchev–Trinajstić information content (AvgIpc) is 3.40. The molecular formula is C22H23ClN6OS. The fourth-order valence-electron chi connectivity index (χ4n) is 2.96. The lowest BCUT2D eigenvalue weighted by molar-refractivity contribution is 0.305. The van der Waals surface area contributed by atoms with Gasteiger partial charge in [0.1, 0.15) is 0 Å². The first-order valence-electron chi connectivity index (χ1n) is 9.82. The molecule has 0 amide bonds. The molecule has 2 heterocycles. The van der Waals surface area contributed by atoms with E-state index in [1.54, 1.807) is 0 Å². The average molecular weight is 455 g/mol. The summed E-state index contributed by atoms with van der Waals surface area (Å²) in [6.07, 6.45) is 0. The first kappa shape index (κ1) is 21.5. The summed E-state index contributed by atoms with van der Waals surface area (Å²) in [5.74, 6) is 2.38. The second kappa shape index (κ2) is 9.21. The molecule has 0 aliphatic rings. The molecular weight excluding hydrogens is 432 g/mol. The summed E-state index contributed by atoms with van der Waals surface area (Å²) in [5.41, 5.74) is 3.04. The largest absolute Gasteiger partial charge is 0.420 e. The smallest absolute Gasteiger partial charge is 0.247 e. The van der Waals surface area contributed by atoms with Gasteiger partial charge in [-0.05, 0) is 64.3 Å². The van der Waals surface area contributed by atoms with Crippen molar-refractivity contribution in [1.82, 2.24) is 29.9 Å². The van der Waals surface area contributed by atoms with Gasteiger partial charge in [0, 0.05) is 16.3 Å². The Kier molecular flexibility index (Phi) is 6.41. The molecule has 7 nitrogen and oxygen atoms in total. The van der Waals surface area contributed by atoms with Crippen molar-refractivity contribution in [3.63, 3.8) is 0 Å². The van der Waals surface area contributed by atoms with Crippen molar-refractivity contribution in [1.29, 1.82) is 0 Å².